The zero-order chi connectivity index (χ0) is 14.9. The van der Waals surface area contributed by atoms with Crippen LogP contribution in [0.1, 0.15) is 53.9 Å². The van der Waals surface area contributed by atoms with Gasteiger partial charge in [-0.1, -0.05) is 27.2 Å². The largest absolute Gasteiger partial charge is 0.468 e. The average Bonchev–Trinajstić information content (AvgIpc) is 2.41. The fourth-order valence-corrected chi connectivity index (χ4v) is 2.29. The second kappa shape index (κ2) is 9.32. The van der Waals surface area contributed by atoms with Crippen LogP contribution in [0, 0.1) is 0 Å². The molecule has 0 spiro atoms. The number of unbranched alkanes of at least 4 members (excludes halogenated alkanes) is 1. The molecule has 19 heavy (non-hydrogen) atoms. The van der Waals surface area contributed by atoms with Crippen molar-refractivity contribution >= 4 is 5.97 Å². The fourth-order valence-electron chi connectivity index (χ4n) is 2.29. The zero-order valence-corrected chi connectivity index (χ0v) is 13.6. The van der Waals surface area contributed by atoms with Gasteiger partial charge in [-0.3, -0.25) is 9.69 Å². The van der Waals surface area contributed by atoms with Crippen molar-refractivity contribution in [3.63, 3.8) is 0 Å². The number of rotatable bonds is 10. The first-order chi connectivity index (χ1) is 8.95. The highest BCUT2D eigenvalue weighted by Gasteiger charge is 2.36. The Morgan fingerprint density at radius 1 is 1.37 bits per heavy atom. The molecule has 4 heteroatoms. The van der Waals surface area contributed by atoms with Crippen LogP contribution in [0.25, 0.3) is 0 Å². The van der Waals surface area contributed by atoms with Gasteiger partial charge in [-0.2, -0.15) is 0 Å². The Kier molecular flexibility index (Phi) is 9.02. The van der Waals surface area contributed by atoms with Crippen LogP contribution in [0.2, 0.25) is 0 Å². The molecule has 4 nitrogen and oxygen atoms in total. The van der Waals surface area contributed by atoms with Gasteiger partial charge in [-0.05, 0) is 39.8 Å². The van der Waals surface area contributed by atoms with E-state index in [4.69, 9.17) is 4.74 Å². The van der Waals surface area contributed by atoms with Crippen molar-refractivity contribution in [1.29, 1.82) is 0 Å². The summed E-state index contributed by atoms with van der Waals surface area (Å²) in [6.07, 6.45) is 3.42. The monoisotopic (exact) mass is 272 g/mol. The predicted octanol–water partition coefficient (Wildman–Crippen LogP) is 2.43. The summed E-state index contributed by atoms with van der Waals surface area (Å²) in [5, 5.41) is 3.28. The molecule has 0 saturated carbocycles. The predicted molar refractivity (Wildman–Crippen MR) is 80.3 cm³/mol. The van der Waals surface area contributed by atoms with Crippen LogP contribution >= 0.6 is 0 Å². The minimum Gasteiger partial charge on any atom is -0.468 e. The van der Waals surface area contributed by atoms with Gasteiger partial charge in [0.2, 0.25) is 0 Å². The quantitative estimate of drug-likeness (QED) is 0.620. The highest BCUT2D eigenvalue weighted by atomic mass is 16.5. The number of hydrogen-bond donors (Lipinski definition) is 1. The number of nitrogens with zero attached hydrogens (tertiary/aromatic N) is 1. The minimum absolute atomic E-state index is 0.181. The van der Waals surface area contributed by atoms with Gasteiger partial charge in [0.25, 0.3) is 0 Å². The molecule has 0 aromatic carbocycles. The Balaban J connectivity index is 4.86. The van der Waals surface area contributed by atoms with Crippen LogP contribution in [-0.4, -0.2) is 49.2 Å². The maximum absolute atomic E-state index is 12.0. The van der Waals surface area contributed by atoms with Crippen molar-refractivity contribution < 1.29 is 9.53 Å². The van der Waals surface area contributed by atoms with E-state index in [1.54, 1.807) is 0 Å². The van der Waals surface area contributed by atoms with E-state index in [0.29, 0.717) is 12.6 Å². The third kappa shape index (κ3) is 5.91. The number of carbonyl (C=O) groups excluding carboxylic acids is 1. The summed E-state index contributed by atoms with van der Waals surface area (Å²) < 4.78 is 4.96. The molecule has 2 atom stereocenters. The van der Waals surface area contributed by atoms with Crippen molar-refractivity contribution in [3.8, 4) is 0 Å². The summed E-state index contributed by atoms with van der Waals surface area (Å²) in [6, 6.07) is 0.481. The molecule has 0 aliphatic carbocycles. The number of hydrogen-bond acceptors (Lipinski definition) is 4. The van der Waals surface area contributed by atoms with Crippen LogP contribution in [0.4, 0.5) is 0 Å². The molecular weight excluding hydrogens is 240 g/mol. The van der Waals surface area contributed by atoms with Gasteiger partial charge in [0.1, 0.15) is 5.54 Å². The average molecular weight is 272 g/mol. The number of carbonyl (C=O) groups is 1. The summed E-state index contributed by atoms with van der Waals surface area (Å²) in [7, 11) is 1.46. The van der Waals surface area contributed by atoms with Gasteiger partial charge in [0, 0.05) is 12.6 Å². The Morgan fingerprint density at radius 3 is 2.42 bits per heavy atom. The molecule has 0 aromatic rings. The molecule has 0 aromatic heterocycles. The molecule has 0 bridgehead atoms. The van der Waals surface area contributed by atoms with E-state index in [1.807, 2.05) is 13.8 Å². The first kappa shape index (κ1) is 18.4. The molecule has 0 aliphatic rings. The van der Waals surface area contributed by atoms with Crippen LogP contribution in [0.3, 0.4) is 0 Å². The van der Waals surface area contributed by atoms with Gasteiger partial charge >= 0.3 is 5.97 Å². The lowest BCUT2D eigenvalue weighted by Gasteiger charge is -2.37. The summed E-state index contributed by atoms with van der Waals surface area (Å²) in [4.78, 5) is 14.4. The van der Waals surface area contributed by atoms with Crippen LogP contribution in [-0.2, 0) is 9.53 Å². The Morgan fingerprint density at radius 2 is 2.00 bits per heavy atom. The van der Waals surface area contributed by atoms with Crippen LogP contribution in [0.15, 0.2) is 0 Å². The number of nitrogens with one attached hydrogen (secondary N) is 1. The maximum Gasteiger partial charge on any atom is 0.327 e. The lowest BCUT2D eigenvalue weighted by atomic mass is 10.00. The van der Waals surface area contributed by atoms with E-state index in [1.165, 1.54) is 13.5 Å². The molecule has 0 heterocycles. The molecule has 0 radical (unpaired) electrons. The topological polar surface area (TPSA) is 41.6 Å². The SMILES string of the molecule is CCCCN(CC(C)(NCC)C(=O)OC)C(C)CC. The maximum atomic E-state index is 12.0. The summed E-state index contributed by atoms with van der Waals surface area (Å²) >= 11 is 0. The first-order valence-electron chi connectivity index (χ1n) is 7.52. The molecule has 114 valence electrons. The molecule has 1 N–H and O–H groups in total. The molecule has 0 amide bonds. The minimum atomic E-state index is -0.624. The zero-order valence-electron chi connectivity index (χ0n) is 13.6. The van der Waals surface area contributed by atoms with E-state index >= 15 is 0 Å². The van der Waals surface area contributed by atoms with Crippen LogP contribution < -0.4 is 5.32 Å². The Bertz CT molecular complexity index is 259. The Labute approximate surface area is 118 Å². The fraction of sp³-hybridized carbons (Fsp3) is 0.933. The highest BCUT2D eigenvalue weighted by molar-refractivity contribution is 5.80. The van der Waals surface area contributed by atoms with Gasteiger partial charge in [-0.25, -0.2) is 0 Å². The first-order valence-corrected chi connectivity index (χ1v) is 7.52. The second-order valence-corrected chi connectivity index (χ2v) is 5.44. The molecular formula is C15H32N2O2. The lowest BCUT2D eigenvalue weighted by Crippen LogP contribution is -2.58. The normalized spacial score (nSPS) is 16.2. The summed E-state index contributed by atoms with van der Waals surface area (Å²) in [5.74, 6) is -0.181. The van der Waals surface area contributed by atoms with Crippen molar-refractivity contribution in [1.82, 2.24) is 10.2 Å². The Hall–Kier alpha value is -0.610. The van der Waals surface area contributed by atoms with Crippen molar-refractivity contribution in [2.24, 2.45) is 0 Å². The third-order valence-electron chi connectivity index (χ3n) is 3.74. The number of ether oxygens (including phenoxy) is 1. The number of methoxy groups -OCH3 is 1. The van der Waals surface area contributed by atoms with Crippen molar-refractivity contribution in [3.05, 3.63) is 0 Å². The van der Waals surface area contributed by atoms with E-state index in [0.717, 1.165) is 25.9 Å². The van der Waals surface area contributed by atoms with Gasteiger partial charge in [0.15, 0.2) is 0 Å². The highest BCUT2D eigenvalue weighted by Crippen LogP contribution is 2.14. The van der Waals surface area contributed by atoms with Gasteiger partial charge in [-0.15, -0.1) is 0 Å². The summed E-state index contributed by atoms with van der Waals surface area (Å²) in [6.45, 7) is 13.0. The molecule has 0 fully saturated rings. The van der Waals surface area contributed by atoms with E-state index < -0.39 is 5.54 Å². The number of esters is 1. The van der Waals surface area contributed by atoms with Gasteiger partial charge < -0.3 is 10.1 Å². The molecule has 0 saturated heterocycles. The standard InChI is InChI=1S/C15H32N2O2/c1-7-10-11-17(13(4)8-2)12-15(5,16-9-3)14(18)19-6/h13,16H,7-12H2,1-6H3. The lowest BCUT2D eigenvalue weighted by molar-refractivity contribution is -0.149. The second-order valence-electron chi connectivity index (χ2n) is 5.44. The molecule has 0 aliphatic heterocycles. The molecule has 0 rings (SSSR count). The van der Waals surface area contributed by atoms with E-state index in [2.05, 4.69) is 31.0 Å². The molecule has 2 unspecified atom stereocenters. The summed E-state index contributed by atoms with van der Waals surface area (Å²) in [5.41, 5.74) is -0.624. The van der Waals surface area contributed by atoms with Gasteiger partial charge in [0.05, 0.1) is 7.11 Å². The van der Waals surface area contributed by atoms with E-state index in [9.17, 15) is 4.79 Å². The van der Waals surface area contributed by atoms with Crippen molar-refractivity contribution in [2.45, 2.75) is 65.5 Å². The smallest absolute Gasteiger partial charge is 0.327 e. The van der Waals surface area contributed by atoms with E-state index in [-0.39, 0.29) is 5.97 Å². The third-order valence-corrected chi connectivity index (χ3v) is 3.74. The van der Waals surface area contributed by atoms with Crippen LogP contribution in [0.5, 0.6) is 0 Å². The number of likely N-dealkylation sites (N-methyl/N-ethyl adjacent to an activating group) is 1. The van der Waals surface area contributed by atoms with Crippen molar-refractivity contribution in [2.75, 3.05) is 26.7 Å².